The van der Waals surface area contributed by atoms with Gasteiger partial charge in [0.25, 0.3) is 0 Å². The van der Waals surface area contributed by atoms with Gasteiger partial charge in [0.05, 0.1) is 18.2 Å². The molecule has 0 saturated carbocycles. The molecule has 0 N–H and O–H groups in total. The highest BCUT2D eigenvalue weighted by molar-refractivity contribution is 5.68. The summed E-state index contributed by atoms with van der Waals surface area (Å²) in [5.41, 5.74) is 6.48. The molecule has 2 aromatic carbocycles. The molecule has 2 nitrogen and oxygen atoms in total. The second-order valence-corrected chi connectivity index (χ2v) is 4.70. The lowest BCUT2D eigenvalue weighted by Gasteiger charge is -2.02. The van der Waals surface area contributed by atoms with Gasteiger partial charge >= 0.3 is 0 Å². The molecule has 1 aliphatic heterocycles. The van der Waals surface area contributed by atoms with Crippen molar-refractivity contribution in [3.63, 3.8) is 0 Å². The van der Waals surface area contributed by atoms with Gasteiger partial charge in [-0.1, -0.05) is 30.3 Å². The van der Waals surface area contributed by atoms with Crippen molar-refractivity contribution in [2.75, 3.05) is 7.11 Å². The topological polar surface area (TPSA) is 21.6 Å². The molecule has 0 saturated heterocycles. The molecule has 1 aliphatic rings. The summed E-state index contributed by atoms with van der Waals surface area (Å²) >= 11 is 0. The first-order valence-electron chi connectivity index (χ1n) is 6.54. The zero-order valence-corrected chi connectivity index (χ0v) is 11.6. The molecule has 0 bridgehead atoms. The second-order valence-electron chi connectivity index (χ2n) is 4.70. The molecule has 3 rings (SSSR count). The number of methoxy groups -OCH3 is 1. The third-order valence-corrected chi connectivity index (χ3v) is 3.20. The Hall–Kier alpha value is -2.57. The van der Waals surface area contributed by atoms with Gasteiger partial charge in [0, 0.05) is 16.8 Å². The monoisotopic (exact) mass is 261 g/mol. The molecule has 0 amide bonds. The van der Waals surface area contributed by atoms with Gasteiger partial charge in [-0.05, 0) is 30.7 Å². The number of rotatable bonds is 2. The van der Waals surface area contributed by atoms with Crippen LogP contribution in [0.1, 0.15) is 12.5 Å². The predicted molar refractivity (Wildman–Crippen MR) is 80.8 cm³/mol. The van der Waals surface area contributed by atoms with E-state index in [4.69, 9.17) is 9.73 Å². The zero-order valence-electron chi connectivity index (χ0n) is 11.6. The molecular formula is C18H15NO. The molecule has 98 valence electrons. The van der Waals surface area contributed by atoms with Crippen molar-refractivity contribution in [3.8, 4) is 5.75 Å². The van der Waals surface area contributed by atoms with Crippen LogP contribution in [-0.2, 0) is 0 Å². The van der Waals surface area contributed by atoms with Crippen molar-refractivity contribution >= 4 is 11.4 Å². The average molecular weight is 261 g/mol. The lowest BCUT2D eigenvalue weighted by molar-refractivity contribution is 0.414. The van der Waals surface area contributed by atoms with E-state index in [9.17, 15) is 0 Å². The summed E-state index contributed by atoms with van der Waals surface area (Å²) in [5.74, 6) is 0.807. The summed E-state index contributed by atoms with van der Waals surface area (Å²) in [4.78, 5) is 4.77. The highest BCUT2D eigenvalue weighted by atomic mass is 16.5. The van der Waals surface area contributed by atoms with Crippen LogP contribution in [0.15, 0.2) is 65.2 Å². The van der Waals surface area contributed by atoms with E-state index in [-0.39, 0.29) is 0 Å². The Kier molecular flexibility index (Phi) is 3.24. The van der Waals surface area contributed by atoms with Gasteiger partial charge < -0.3 is 4.74 Å². The minimum absolute atomic E-state index is 0.807. The van der Waals surface area contributed by atoms with E-state index in [1.165, 1.54) is 0 Å². The van der Waals surface area contributed by atoms with E-state index in [2.05, 4.69) is 23.9 Å². The number of nitrogens with zero attached hydrogens (tertiary/aromatic N) is 1. The fraction of sp³-hybridized carbons (Fsp3) is 0.111. The van der Waals surface area contributed by atoms with Crippen molar-refractivity contribution < 1.29 is 4.74 Å². The van der Waals surface area contributed by atoms with E-state index in [1.54, 1.807) is 7.11 Å². The van der Waals surface area contributed by atoms with E-state index >= 15 is 0 Å². The predicted octanol–water partition coefficient (Wildman–Crippen LogP) is 2.70. The standard InChI is InChI=1S/C18H15NO/c1-13-10-15-8-9-16(20-2)12-18(15)19-17(11-13)14-6-4-3-5-7-14/h3-9,11-12H,1-2H3. The minimum Gasteiger partial charge on any atom is -0.497 e. The maximum absolute atomic E-state index is 5.27. The molecule has 2 heteroatoms. The summed E-state index contributed by atoms with van der Waals surface area (Å²) in [6.07, 6.45) is 2.06. The zero-order chi connectivity index (χ0) is 13.9. The van der Waals surface area contributed by atoms with Crippen molar-refractivity contribution in [2.45, 2.75) is 6.92 Å². The molecule has 0 aromatic heterocycles. The van der Waals surface area contributed by atoms with Gasteiger partial charge in [0.1, 0.15) is 5.75 Å². The quantitative estimate of drug-likeness (QED) is 0.814. The molecule has 0 fully saturated rings. The van der Waals surface area contributed by atoms with Gasteiger partial charge in [-0.3, -0.25) is 0 Å². The Morgan fingerprint density at radius 2 is 1.85 bits per heavy atom. The number of hydrogen-bond acceptors (Lipinski definition) is 2. The Labute approximate surface area is 118 Å². The van der Waals surface area contributed by atoms with E-state index < -0.39 is 0 Å². The van der Waals surface area contributed by atoms with Gasteiger partial charge in [-0.15, -0.1) is 5.73 Å². The molecule has 1 heterocycles. The van der Waals surface area contributed by atoms with E-state index in [1.807, 2.05) is 43.3 Å². The number of ether oxygens (including phenoxy) is 1. The first-order valence-corrected chi connectivity index (χ1v) is 6.54. The lowest BCUT2D eigenvalue weighted by atomic mass is 10.1. The smallest absolute Gasteiger partial charge is 0.121 e. The number of hydrogen-bond donors (Lipinski definition) is 0. The van der Waals surface area contributed by atoms with E-state index in [0.29, 0.717) is 0 Å². The number of benzene rings is 2. The van der Waals surface area contributed by atoms with Crippen LogP contribution >= 0.6 is 0 Å². The van der Waals surface area contributed by atoms with Crippen LogP contribution in [0.2, 0.25) is 0 Å². The normalized spacial score (nSPS) is 13.1. The second kappa shape index (κ2) is 5.20. The van der Waals surface area contributed by atoms with Crippen molar-refractivity contribution in [1.82, 2.24) is 0 Å². The third-order valence-electron chi connectivity index (χ3n) is 3.20. The van der Waals surface area contributed by atoms with Crippen molar-refractivity contribution in [2.24, 2.45) is 4.99 Å². The molecule has 0 spiro atoms. The fourth-order valence-corrected chi connectivity index (χ4v) is 2.21. The largest absolute Gasteiger partial charge is 0.497 e. The third kappa shape index (κ3) is 2.42. The van der Waals surface area contributed by atoms with Crippen molar-refractivity contribution in [3.05, 3.63) is 76.3 Å². The van der Waals surface area contributed by atoms with E-state index in [0.717, 1.165) is 33.2 Å². The van der Waals surface area contributed by atoms with Crippen LogP contribution in [0.25, 0.3) is 11.4 Å². The van der Waals surface area contributed by atoms with Crippen molar-refractivity contribution in [1.29, 1.82) is 0 Å². The fourth-order valence-electron chi connectivity index (χ4n) is 2.21. The first-order chi connectivity index (χ1) is 9.76. The molecule has 0 aliphatic carbocycles. The summed E-state index contributed by atoms with van der Waals surface area (Å²) in [7, 11) is 1.66. The van der Waals surface area contributed by atoms with Crippen LogP contribution in [-0.4, -0.2) is 7.11 Å². The Morgan fingerprint density at radius 3 is 2.60 bits per heavy atom. The number of allylic oxidation sites excluding steroid dienone is 2. The maximum atomic E-state index is 5.27. The summed E-state index contributed by atoms with van der Waals surface area (Å²) < 4.78 is 5.27. The maximum Gasteiger partial charge on any atom is 0.121 e. The van der Waals surface area contributed by atoms with Gasteiger partial charge in [-0.25, -0.2) is 4.99 Å². The number of fused-ring (bicyclic) bond motifs is 1. The first kappa shape index (κ1) is 12.5. The highest BCUT2D eigenvalue weighted by Crippen LogP contribution is 2.17. The van der Waals surface area contributed by atoms with Crippen LogP contribution in [0, 0.1) is 0 Å². The molecule has 0 atom stereocenters. The summed E-state index contributed by atoms with van der Waals surface area (Å²) in [6.45, 7) is 2.04. The van der Waals surface area contributed by atoms with Crippen LogP contribution < -0.4 is 15.3 Å². The SMILES string of the molecule is COc1ccc2c(c1)=NC(c1ccccc1)=CC(C)=C=2. The van der Waals surface area contributed by atoms with Gasteiger partial charge in [0.15, 0.2) is 0 Å². The Bertz CT molecular complexity index is 825. The molecule has 0 unspecified atom stereocenters. The molecule has 20 heavy (non-hydrogen) atoms. The molecular weight excluding hydrogens is 246 g/mol. The highest BCUT2D eigenvalue weighted by Gasteiger charge is 2.03. The summed E-state index contributed by atoms with van der Waals surface area (Å²) in [6, 6.07) is 16.0. The average Bonchev–Trinajstić information content (AvgIpc) is 2.65. The Balaban J connectivity index is 2.26. The van der Waals surface area contributed by atoms with Crippen LogP contribution in [0.3, 0.4) is 0 Å². The van der Waals surface area contributed by atoms with Crippen LogP contribution in [0.4, 0.5) is 0 Å². The summed E-state index contributed by atoms with van der Waals surface area (Å²) in [5, 5.41) is 1.88. The molecule has 2 aromatic rings. The Morgan fingerprint density at radius 1 is 1.05 bits per heavy atom. The minimum atomic E-state index is 0.807. The van der Waals surface area contributed by atoms with Gasteiger partial charge in [-0.2, -0.15) is 0 Å². The molecule has 0 radical (unpaired) electrons. The van der Waals surface area contributed by atoms with Crippen LogP contribution in [0.5, 0.6) is 5.75 Å². The van der Waals surface area contributed by atoms with Gasteiger partial charge in [0.2, 0.25) is 0 Å². The lowest BCUT2D eigenvalue weighted by Crippen LogP contribution is -2.23.